The summed E-state index contributed by atoms with van der Waals surface area (Å²) in [5.41, 5.74) is 0.520. The molecule has 1 aromatic heterocycles. The molecule has 2 atom stereocenters. The van der Waals surface area contributed by atoms with Crippen molar-refractivity contribution in [2.45, 2.75) is 26.2 Å². The Balaban J connectivity index is 2.09. The van der Waals surface area contributed by atoms with E-state index in [1.165, 1.54) is 4.80 Å². The van der Waals surface area contributed by atoms with Crippen LogP contribution in [0.2, 0.25) is 0 Å². The van der Waals surface area contributed by atoms with Crippen LogP contribution in [0.3, 0.4) is 0 Å². The molecule has 0 spiro atoms. The third-order valence-electron chi connectivity index (χ3n) is 2.92. The molecular weight excluding hydrogens is 178 g/mol. The van der Waals surface area contributed by atoms with Gasteiger partial charge < -0.3 is 0 Å². The highest BCUT2D eigenvalue weighted by Crippen LogP contribution is 2.32. The van der Waals surface area contributed by atoms with Crippen molar-refractivity contribution in [3.63, 3.8) is 0 Å². The predicted octanol–water partition coefficient (Wildman–Crippen LogP) is 1.43. The fourth-order valence-corrected chi connectivity index (χ4v) is 2.11. The molecule has 0 radical (unpaired) electrons. The smallest absolute Gasteiger partial charge is 0.187 e. The minimum absolute atomic E-state index is 0.169. The van der Waals surface area contributed by atoms with E-state index in [1.807, 2.05) is 0 Å². The van der Waals surface area contributed by atoms with E-state index in [4.69, 9.17) is 0 Å². The van der Waals surface area contributed by atoms with E-state index in [9.17, 15) is 4.79 Å². The molecular formula is C10H15N3O. The molecule has 0 aromatic carbocycles. The number of aromatic nitrogens is 3. The minimum atomic E-state index is 0.169. The molecule has 0 bridgehead atoms. The van der Waals surface area contributed by atoms with Crippen molar-refractivity contribution < 1.29 is 4.79 Å². The van der Waals surface area contributed by atoms with Gasteiger partial charge in [-0.1, -0.05) is 6.92 Å². The van der Waals surface area contributed by atoms with Crippen molar-refractivity contribution in [1.82, 2.24) is 15.0 Å². The van der Waals surface area contributed by atoms with Gasteiger partial charge in [0.1, 0.15) is 5.69 Å². The molecule has 0 amide bonds. The van der Waals surface area contributed by atoms with Gasteiger partial charge in [-0.05, 0) is 25.2 Å². The number of carbonyl (C=O) groups is 1. The lowest BCUT2D eigenvalue weighted by Crippen LogP contribution is -2.12. The molecule has 76 valence electrons. The SMILES string of the molecule is CC1CCC(C(=O)c2cnn(C)n2)C1. The van der Waals surface area contributed by atoms with E-state index >= 15 is 0 Å². The van der Waals surface area contributed by atoms with E-state index in [2.05, 4.69) is 17.1 Å². The van der Waals surface area contributed by atoms with Gasteiger partial charge in [0.05, 0.1) is 6.20 Å². The summed E-state index contributed by atoms with van der Waals surface area (Å²) in [6.07, 6.45) is 4.74. The highest BCUT2D eigenvalue weighted by Gasteiger charge is 2.29. The van der Waals surface area contributed by atoms with Crippen molar-refractivity contribution in [2.75, 3.05) is 0 Å². The average Bonchev–Trinajstić information content (AvgIpc) is 2.73. The zero-order valence-electron chi connectivity index (χ0n) is 8.60. The first kappa shape index (κ1) is 9.37. The van der Waals surface area contributed by atoms with E-state index in [-0.39, 0.29) is 11.7 Å². The third kappa shape index (κ3) is 1.69. The Kier molecular flexibility index (Phi) is 2.35. The lowest BCUT2D eigenvalue weighted by atomic mass is 9.99. The molecule has 2 rings (SSSR count). The van der Waals surface area contributed by atoms with Crippen LogP contribution in [-0.2, 0) is 7.05 Å². The summed E-state index contributed by atoms with van der Waals surface area (Å²) >= 11 is 0. The van der Waals surface area contributed by atoms with E-state index in [0.717, 1.165) is 19.3 Å². The van der Waals surface area contributed by atoms with E-state index in [1.54, 1.807) is 13.2 Å². The van der Waals surface area contributed by atoms with Gasteiger partial charge in [-0.2, -0.15) is 15.0 Å². The number of aryl methyl sites for hydroxylation is 1. The number of Topliss-reactive ketones (excluding diaryl/α,β-unsaturated/α-hetero) is 1. The van der Waals surface area contributed by atoms with Gasteiger partial charge >= 0.3 is 0 Å². The summed E-state index contributed by atoms with van der Waals surface area (Å²) in [4.78, 5) is 13.3. The second kappa shape index (κ2) is 3.52. The monoisotopic (exact) mass is 193 g/mol. The lowest BCUT2D eigenvalue weighted by Gasteiger charge is -2.04. The van der Waals surface area contributed by atoms with Gasteiger partial charge in [0.25, 0.3) is 0 Å². The molecule has 0 N–H and O–H groups in total. The van der Waals surface area contributed by atoms with Crippen LogP contribution in [-0.4, -0.2) is 20.8 Å². The number of carbonyl (C=O) groups excluding carboxylic acids is 1. The molecule has 1 saturated carbocycles. The van der Waals surface area contributed by atoms with E-state index < -0.39 is 0 Å². The Hall–Kier alpha value is -1.19. The van der Waals surface area contributed by atoms with Gasteiger partial charge in [-0.3, -0.25) is 4.79 Å². The first-order valence-corrected chi connectivity index (χ1v) is 5.07. The zero-order chi connectivity index (χ0) is 10.1. The molecule has 1 heterocycles. The fourth-order valence-electron chi connectivity index (χ4n) is 2.11. The maximum Gasteiger partial charge on any atom is 0.187 e. The van der Waals surface area contributed by atoms with Crippen LogP contribution in [0, 0.1) is 11.8 Å². The van der Waals surface area contributed by atoms with Crippen LogP contribution in [0.25, 0.3) is 0 Å². The van der Waals surface area contributed by atoms with Crippen molar-refractivity contribution in [1.29, 1.82) is 0 Å². The van der Waals surface area contributed by atoms with Crippen molar-refractivity contribution >= 4 is 5.78 Å². The summed E-state index contributed by atoms with van der Waals surface area (Å²) in [5.74, 6) is 1.03. The molecule has 2 unspecified atom stereocenters. The Labute approximate surface area is 83.3 Å². The van der Waals surface area contributed by atoms with E-state index in [0.29, 0.717) is 11.6 Å². The Morgan fingerprint density at radius 2 is 2.36 bits per heavy atom. The molecule has 4 heteroatoms. The van der Waals surface area contributed by atoms with Crippen LogP contribution in [0.4, 0.5) is 0 Å². The first-order chi connectivity index (χ1) is 6.66. The number of ketones is 1. The topological polar surface area (TPSA) is 47.8 Å². The maximum atomic E-state index is 11.9. The number of nitrogens with zero attached hydrogens (tertiary/aromatic N) is 3. The first-order valence-electron chi connectivity index (χ1n) is 5.07. The quantitative estimate of drug-likeness (QED) is 0.667. The number of hydrogen-bond acceptors (Lipinski definition) is 3. The normalized spacial score (nSPS) is 26.7. The maximum absolute atomic E-state index is 11.9. The Bertz CT molecular complexity index is 345. The highest BCUT2D eigenvalue weighted by molar-refractivity contribution is 5.95. The Morgan fingerprint density at radius 3 is 2.86 bits per heavy atom. The minimum Gasteiger partial charge on any atom is -0.292 e. The summed E-state index contributed by atoms with van der Waals surface area (Å²) in [7, 11) is 1.73. The van der Waals surface area contributed by atoms with Crippen LogP contribution < -0.4 is 0 Å². The van der Waals surface area contributed by atoms with Gasteiger partial charge in [0, 0.05) is 13.0 Å². The van der Waals surface area contributed by atoms with Gasteiger partial charge in [0.2, 0.25) is 0 Å². The fraction of sp³-hybridized carbons (Fsp3) is 0.700. The van der Waals surface area contributed by atoms with Crippen molar-refractivity contribution in [3.05, 3.63) is 11.9 Å². The van der Waals surface area contributed by atoms with Crippen LogP contribution in [0.1, 0.15) is 36.7 Å². The lowest BCUT2D eigenvalue weighted by molar-refractivity contribution is 0.0914. The van der Waals surface area contributed by atoms with Crippen LogP contribution in [0.15, 0.2) is 6.20 Å². The largest absolute Gasteiger partial charge is 0.292 e. The van der Waals surface area contributed by atoms with Crippen LogP contribution in [0.5, 0.6) is 0 Å². The number of hydrogen-bond donors (Lipinski definition) is 0. The predicted molar refractivity (Wildman–Crippen MR) is 51.8 cm³/mol. The third-order valence-corrected chi connectivity index (χ3v) is 2.92. The molecule has 1 fully saturated rings. The zero-order valence-corrected chi connectivity index (χ0v) is 8.60. The molecule has 0 saturated heterocycles. The standard InChI is InChI=1S/C10H15N3O/c1-7-3-4-8(5-7)10(14)9-6-11-13(2)12-9/h6-8H,3-5H2,1-2H3. The summed E-state index contributed by atoms with van der Waals surface area (Å²) < 4.78 is 0. The summed E-state index contributed by atoms with van der Waals surface area (Å²) in [6, 6.07) is 0. The van der Waals surface area contributed by atoms with Gasteiger partial charge in [-0.15, -0.1) is 0 Å². The molecule has 1 aromatic rings. The summed E-state index contributed by atoms with van der Waals surface area (Å²) in [5, 5.41) is 7.95. The highest BCUT2D eigenvalue weighted by atomic mass is 16.1. The average molecular weight is 193 g/mol. The van der Waals surface area contributed by atoms with Crippen molar-refractivity contribution in [3.8, 4) is 0 Å². The van der Waals surface area contributed by atoms with Gasteiger partial charge in [0.15, 0.2) is 5.78 Å². The second-order valence-electron chi connectivity index (χ2n) is 4.20. The molecule has 14 heavy (non-hydrogen) atoms. The molecule has 0 aliphatic heterocycles. The van der Waals surface area contributed by atoms with Crippen LogP contribution >= 0.6 is 0 Å². The van der Waals surface area contributed by atoms with Crippen molar-refractivity contribution in [2.24, 2.45) is 18.9 Å². The molecule has 4 nitrogen and oxygen atoms in total. The summed E-state index contributed by atoms with van der Waals surface area (Å²) in [6.45, 7) is 2.20. The molecule has 1 aliphatic carbocycles. The number of rotatable bonds is 2. The Morgan fingerprint density at radius 1 is 1.57 bits per heavy atom. The molecule has 1 aliphatic rings. The second-order valence-corrected chi connectivity index (χ2v) is 4.20. The van der Waals surface area contributed by atoms with Gasteiger partial charge in [-0.25, -0.2) is 0 Å².